The number of piperidine rings is 1. The molecule has 0 aromatic carbocycles. The van der Waals surface area contributed by atoms with Crippen molar-refractivity contribution in [1.29, 1.82) is 0 Å². The number of nitrogens with zero attached hydrogens (tertiary/aromatic N) is 3. The average molecular weight is 381 g/mol. The molecule has 7 heteroatoms. The third-order valence-electron chi connectivity index (χ3n) is 5.15. The van der Waals surface area contributed by atoms with Gasteiger partial charge in [-0.1, -0.05) is 6.92 Å². The lowest BCUT2D eigenvalue weighted by atomic mass is 9.99. The number of esters is 1. The third kappa shape index (κ3) is 3.28. The van der Waals surface area contributed by atoms with Crippen molar-refractivity contribution in [2.24, 2.45) is 10.9 Å². The maximum Gasteiger partial charge on any atom is 0.347 e. The molecule has 2 aliphatic heterocycles. The Morgan fingerprint density at radius 3 is 2.96 bits per heavy atom. The van der Waals surface area contributed by atoms with Crippen molar-refractivity contribution in [3.63, 3.8) is 0 Å². The molecule has 2 aliphatic rings. The van der Waals surface area contributed by atoms with E-state index in [0.29, 0.717) is 17.6 Å². The predicted molar refractivity (Wildman–Crippen MR) is 107 cm³/mol. The predicted octanol–water partition coefficient (Wildman–Crippen LogP) is 4.05. The number of hydrogen-bond acceptors (Lipinski definition) is 7. The van der Waals surface area contributed by atoms with Crippen LogP contribution < -0.4 is 4.90 Å². The Hall–Kier alpha value is -3.09. The van der Waals surface area contributed by atoms with Crippen molar-refractivity contribution in [3.8, 4) is 5.75 Å². The van der Waals surface area contributed by atoms with Crippen molar-refractivity contribution in [3.05, 3.63) is 35.2 Å². The molecule has 0 atom stereocenters. The quantitative estimate of drug-likeness (QED) is 0.804. The number of carbonyl (C=O) groups is 1. The molecule has 0 saturated carbocycles. The Morgan fingerprint density at radius 1 is 1.43 bits per heavy atom. The summed E-state index contributed by atoms with van der Waals surface area (Å²) in [6.45, 7) is 5.71. The summed E-state index contributed by atoms with van der Waals surface area (Å²) >= 11 is 0. The molecule has 0 spiro atoms. The highest BCUT2D eigenvalue weighted by molar-refractivity contribution is 6.21. The molecule has 28 heavy (non-hydrogen) atoms. The van der Waals surface area contributed by atoms with E-state index < -0.39 is 5.97 Å². The highest BCUT2D eigenvalue weighted by Gasteiger charge is 2.31. The fraction of sp³-hybridized carbons (Fsp3) is 0.381. The fourth-order valence-electron chi connectivity index (χ4n) is 3.53. The minimum atomic E-state index is -0.579. The molecule has 0 unspecified atom stereocenters. The molecule has 0 bridgehead atoms. The van der Waals surface area contributed by atoms with Gasteiger partial charge in [-0.05, 0) is 43.9 Å². The number of anilines is 1. The molecule has 0 aliphatic carbocycles. The van der Waals surface area contributed by atoms with Gasteiger partial charge in [-0.3, -0.25) is 0 Å². The van der Waals surface area contributed by atoms with Gasteiger partial charge in [-0.15, -0.1) is 0 Å². The number of allylic oxidation sites excluding steroid dienone is 1. The molecular weight excluding hydrogens is 358 g/mol. The van der Waals surface area contributed by atoms with Gasteiger partial charge in [-0.2, -0.15) is 0 Å². The number of aliphatic imine (C=N–C) groups is 1. The van der Waals surface area contributed by atoms with Crippen molar-refractivity contribution < 1.29 is 19.1 Å². The van der Waals surface area contributed by atoms with Gasteiger partial charge in [0.1, 0.15) is 0 Å². The van der Waals surface area contributed by atoms with Crippen LogP contribution in [0.5, 0.6) is 5.75 Å². The molecule has 2 aromatic heterocycles. The second-order valence-corrected chi connectivity index (χ2v) is 7.12. The van der Waals surface area contributed by atoms with Crippen LogP contribution in [-0.4, -0.2) is 42.0 Å². The number of aromatic nitrogens is 1. The average Bonchev–Trinajstić information content (AvgIpc) is 3.25. The monoisotopic (exact) mass is 381 g/mol. The van der Waals surface area contributed by atoms with E-state index in [4.69, 9.17) is 9.15 Å². The molecule has 1 fully saturated rings. The van der Waals surface area contributed by atoms with Crippen LogP contribution in [0.3, 0.4) is 0 Å². The standard InChI is InChI=1S/C21H23N3O4/c1-3-27-21(26)17-18(25)16(28-20(17)24-9-6-13(2)7-10-24)11-14-12-23-19-15(14)5-4-8-22-19/h4-5,8,11-13,25H,3,6-7,9-10H2,1-2H3/b14-11+. The lowest BCUT2D eigenvalue weighted by molar-refractivity contribution is 0.0523. The molecule has 4 heterocycles. The lowest BCUT2D eigenvalue weighted by Crippen LogP contribution is -2.33. The first kappa shape index (κ1) is 18.3. The lowest BCUT2D eigenvalue weighted by Gasteiger charge is -2.30. The van der Waals surface area contributed by atoms with Crippen molar-refractivity contribution in [1.82, 2.24) is 4.98 Å². The van der Waals surface area contributed by atoms with E-state index in [1.54, 1.807) is 25.4 Å². The molecule has 146 valence electrons. The highest BCUT2D eigenvalue weighted by atomic mass is 16.5. The minimum Gasteiger partial charge on any atom is -0.504 e. The molecule has 2 aromatic rings. The van der Waals surface area contributed by atoms with Crippen molar-refractivity contribution in [2.75, 3.05) is 24.6 Å². The second kappa shape index (κ2) is 7.50. The maximum absolute atomic E-state index is 12.5. The largest absolute Gasteiger partial charge is 0.504 e. The van der Waals surface area contributed by atoms with Gasteiger partial charge in [0, 0.05) is 36.6 Å². The van der Waals surface area contributed by atoms with Crippen LogP contribution >= 0.6 is 0 Å². The van der Waals surface area contributed by atoms with Crippen molar-refractivity contribution >= 4 is 35.5 Å². The molecular formula is C21H23N3O4. The van der Waals surface area contributed by atoms with Gasteiger partial charge in [0.2, 0.25) is 5.88 Å². The Morgan fingerprint density at radius 2 is 2.21 bits per heavy atom. The van der Waals surface area contributed by atoms with E-state index in [1.807, 2.05) is 17.0 Å². The van der Waals surface area contributed by atoms with Crippen LogP contribution in [0, 0.1) is 5.92 Å². The van der Waals surface area contributed by atoms with E-state index in [-0.39, 0.29) is 23.7 Å². The number of ether oxygens (including phenoxy) is 1. The van der Waals surface area contributed by atoms with Gasteiger partial charge < -0.3 is 19.2 Å². The smallest absolute Gasteiger partial charge is 0.347 e. The molecule has 4 rings (SSSR count). The Labute approximate surface area is 163 Å². The van der Waals surface area contributed by atoms with Crippen LogP contribution in [0.4, 0.5) is 11.7 Å². The first-order valence-electron chi connectivity index (χ1n) is 9.57. The van der Waals surface area contributed by atoms with Crippen LogP contribution in [0.15, 0.2) is 27.7 Å². The third-order valence-corrected chi connectivity index (χ3v) is 5.15. The summed E-state index contributed by atoms with van der Waals surface area (Å²) in [6.07, 6.45) is 7.05. The summed E-state index contributed by atoms with van der Waals surface area (Å²) in [5, 5.41) is 10.8. The van der Waals surface area contributed by atoms with Gasteiger partial charge in [0.15, 0.2) is 22.9 Å². The molecule has 7 nitrogen and oxygen atoms in total. The van der Waals surface area contributed by atoms with Crippen LogP contribution in [0.2, 0.25) is 0 Å². The number of aromatic hydroxyl groups is 1. The summed E-state index contributed by atoms with van der Waals surface area (Å²) in [5.41, 5.74) is 1.70. The van der Waals surface area contributed by atoms with Gasteiger partial charge in [0.05, 0.1) is 6.61 Å². The Kier molecular flexibility index (Phi) is 4.90. The summed E-state index contributed by atoms with van der Waals surface area (Å²) < 4.78 is 11.1. The first-order valence-corrected chi connectivity index (χ1v) is 9.57. The number of fused-ring (bicyclic) bond motifs is 1. The SMILES string of the molecule is CCOC(=O)c1c(N2CCC(C)CC2)oc(/C=C2\C=Nc3ncccc32)c1O. The fourth-order valence-corrected chi connectivity index (χ4v) is 3.53. The van der Waals surface area contributed by atoms with Crippen LogP contribution in [-0.2, 0) is 4.74 Å². The van der Waals surface area contributed by atoms with Gasteiger partial charge >= 0.3 is 5.97 Å². The zero-order valence-electron chi connectivity index (χ0n) is 16.0. The van der Waals surface area contributed by atoms with Crippen LogP contribution in [0.1, 0.15) is 48.4 Å². The van der Waals surface area contributed by atoms with Gasteiger partial charge in [0.25, 0.3) is 0 Å². The summed E-state index contributed by atoms with van der Waals surface area (Å²) in [7, 11) is 0. The number of hydrogen-bond donors (Lipinski definition) is 1. The second-order valence-electron chi connectivity index (χ2n) is 7.12. The van der Waals surface area contributed by atoms with E-state index in [1.165, 1.54) is 0 Å². The number of rotatable bonds is 4. The topological polar surface area (TPSA) is 88.2 Å². The number of pyridine rings is 1. The normalized spacial score (nSPS) is 17.9. The Balaban J connectivity index is 1.75. The summed E-state index contributed by atoms with van der Waals surface area (Å²) in [4.78, 5) is 23.0. The van der Waals surface area contributed by atoms with E-state index >= 15 is 0 Å². The van der Waals surface area contributed by atoms with E-state index in [9.17, 15) is 9.90 Å². The summed E-state index contributed by atoms with van der Waals surface area (Å²) in [5.74, 6) is 1.06. The zero-order valence-corrected chi connectivity index (χ0v) is 16.0. The van der Waals surface area contributed by atoms with Gasteiger partial charge in [-0.25, -0.2) is 14.8 Å². The molecule has 0 amide bonds. The number of carbonyl (C=O) groups excluding carboxylic acids is 1. The molecule has 1 N–H and O–H groups in total. The number of furan rings is 1. The minimum absolute atomic E-state index is 0.0876. The highest BCUT2D eigenvalue weighted by Crippen LogP contribution is 2.40. The van der Waals surface area contributed by atoms with E-state index in [2.05, 4.69) is 16.9 Å². The van der Waals surface area contributed by atoms with E-state index in [0.717, 1.165) is 37.1 Å². The summed E-state index contributed by atoms with van der Waals surface area (Å²) in [6, 6.07) is 3.73. The molecule has 1 saturated heterocycles. The van der Waals surface area contributed by atoms with Crippen molar-refractivity contribution in [2.45, 2.75) is 26.7 Å². The molecule has 0 radical (unpaired) electrons. The maximum atomic E-state index is 12.5. The first-order chi connectivity index (χ1) is 13.6. The Bertz CT molecular complexity index is 953. The van der Waals surface area contributed by atoms with Crippen LogP contribution in [0.25, 0.3) is 11.6 Å². The zero-order chi connectivity index (χ0) is 19.7.